The second kappa shape index (κ2) is 6.08. The van der Waals surface area contributed by atoms with Crippen LogP contribution in [0, 0.1) is 0 Å². The highest BCUT2D eigenvalue weighted by Gasteiger charge is 2.37. The molecular formula is C16H18F3N3O2. The summed E-state index contributed by atoms with van der Waals surface area (Å²) in [6.45, 7) is 1.56. The summed E-state index contributed by atoms with van der Waals surface area (Å²) in [6, 6.07) is 5.01. The van der Waals surface area contributed by atoms with Gasteiger partial charge >= 0.3 is 6.18 Å². The van der Waals surface area contributed by atoms with Crippen LogP contribution in [0.15, 0.2) is 28.8 Å². The number of hydrogen-bond donors (Lipinski definition) is 1. The van der Waals surface area contributed by atoms with Crippen LogP contribution in [0.4, 0.5) is 13.2 Å². The van der Waals surface area contributed by atoms with E-state index in [4.69, 9.17) is 15.0 Å². The number of nitrogens with zero attached hydrogens (tertiary/aromatic N) is 2. The van der Waals surface area contributed by atoms with Gasteiger partial charge in [0.05, 0.1) is 11.1 Å². The lowest BCUT2D eigenvalue weighted by Gasteiger charge is -2.18. The Morgan fingerprint density at radius 1 is 1.25 bits per heavy atom. The molecule has 0 aliphatic heterocycles. The van der Waals surface area contributed by atoms with Crippen LogP contribution >= 0.6 is 0 Å². The zero-order valence-corrected chi connectivity index (χ0v) is 13.1. The summed E-state index contributed by atoms with van der Waals surface area (Å²) in [4.78, 5) is 4.24. The number of hydrogen-bond acceptors (Lipinski definition) is 5. The summed E-state index contributed by atoms with van der Waals surface area (Å²) < 4.78 is 49.6. The molecule has 1 aliphatic rings. The molecular weight excluding hydrogens is 323 g/mol. The van der Waals surface area contributed by atoms with Crippen molar-refractivity contribution in [2.24, 2.45) is 5.73 Å². The van der Waals surface area contributed by atoms with Gasteiger partial charge in [-0.3, -0.25) is 0 Å². The average Bonchev–Trinajstić information content (AvgIpc) is 3.16. The molecule has 1 aromatic carbocycles. The van der Waals surface area contributed by atoms with E-state index in [1.54, 1.807) is 6.92 Å². The molecule has 0 spiro atoms. The molecule has 1 atom stereocenters. The first-order chi connectivity index (χ1) is 11.3. The molecule has 0 saturated heterocycles. The zero-order valence-electron chi connectivity index (χ0n) is 13.1. The van der Waals surface area contributed by atoms with Gasteiger partial charge in [-0.1, -0.05) is 30.1 Å². The van der Waals surface area contributed by atoms with Gasteiger partial charge in [-0.05, 0) is 31.9 Å². The Hall–Kier alpha value is -2.09. The molecule has 1 heterocycles. The second-order valence-corrected chi connectivity index (χ2v) is 6.07. The first kappa shape index (κ1) is 16.8. The smallest absolute Gasteiger partial charge is 0.419 e. The number of alkyl halides is 3. The minimum Gasteiger partial charge on any atom is -0.480 e. The predicted molar refractivity (Wildman–Crippen MR) is 79.1 cm³/mol. The molecule has 0 bridgehead atoms. The van der Waals surface area contributed by atoms with Crippen LogP contribution in [0.1, 0.15) is 56.0 Å². The minimum atomic E-state index is -4.50. The van der Waals surface area contributed by atoms with Gasteiger partial charge in [0, 0.05) is 0 Å². The van der Waals surface area contributed by atoms with Crippen LogP contribution in [0.3, 0.4) is 0 Å². The number of rotatable bonds is 4. The number of benzene rings is 1. The monoisotopic (exact) mass is 341 g/mol. The van der Waals surface area contributed by atoms with Crippen LogP contribution in [0.25, 0.3) is 0 Å². The number of aromatic nitrogens is 2. The molecule has 24 heavy (non-hydrogen) atoms. The molecule has 1 aliphatic carbocycles. The SMILES string of the molecule is CC(Oc1ccccc1C(F)(F)F)c1nc(C2(N)CCCC2)no1. The lowest BCUT2D eigenvalue weighted by Crippen LogP contribution is -2.34. The molecule has 130 valence electrons. The Labute approximate surface area is 137 Å². The third kappa shape index (κ3) is 3.24. The second-order valence-electron chi connectivity index (χ2n) is 6.07. The minimum absolute atomic E-state index is 0.110. The van der Waals surface area contributed by atoms with Crippen molar-refractivity contribution in [3.05, 3.63) is 41.5 Å². The maximum absolute atomic E-state index is 13.0. The Balaban J connectivity index is 1.79. The normalized spacial score (nSPS) is 18.5. The van der Waals surface area contributed by atoms with Crippen molar-refractivity contribution in [2.75, 3.05) is 0 Å². The van der Waals surface area contributed by atoms with Gasteiger partial charge in [-0.25, -0.2) is 0 Å². The maximum Gasteiger partial charge on any atom is 0.419 e. The van der Waals surface area contributed by atoms with E-state index in [1.807, 2.05) is 0 Å². The number of ether oxygens (including phenoxy) is 1. The summed E-state index contributed by atoms with van der Waals surface area (Å²) in [5.41, 5.74) is 4.79. The van der Waals surface area contributed by atoms with E-state index in [-0.39, 0.29) is 11.6 Å². The van der Waals surface area contributed by atoms with Gasteiger partial charge in [-0.15, -0.1) is 0 Å². The zero-order chi connectivity index (χ0) is 17.4. The third-order valence-corrected chi connectivity index (χ3v) is 4.23. The average molecular weight is 341 g/mol. The van der Waals surface area contributed by atoms with Gasteiger partial charge in [0.1, 0.15) is 5.75 Å². The molecule has 1 fully saturated rings. The molecule has 0 amide bonds. The molecule has 2 aromatic rings. The van der Waals surface area contributed by atoms with E-state index in [9.17, 15) is 13.2 Å². The first-order valence-electron chi connectivity index (χ1n) is 7.75. The van der Waals surface area contributed by atoms with E-state index >= 15 is 0 Å². The molecule has 8 heteroatoms. The van der Waals surface area contributed by atoms with Gasteiger partial charge in [-0.2, -0.15) is 18.2 Å². The van der Waals surface area contributed by atoms with Crippen LogP contribution < -0.4 is 10.5 Å². The summed E-state index contributed by atoms with van der Waals surface area (Å²) >= 11 is 0. The quantitative estimate of drug-likeness (QED) is 0.911. The van der Waals surface area contributed by atoms with Crippen LogP contribution in [0.5, 0.6) is 5.75 Å². The van der Waals surface area contributed by atoms with Gasteiger partial charge in [0.2, 0.25) is 0 Å². The number of nitrogens with two attached hydrogens (primary N) is 1. The van der Waals surface area contributed by atoms with E-state index in [2.05, 4.69) is 10.1 Å². The summed E-state index contributed by atoms with van der Waals surface area (Å²) in [6.07, 6.45) is -1.81. The van der Waals surface area contributed by atoms with Crippen LogP contribution in [-0.2, 0) is 11.7 Å². The highest BCUT2D eigenvalue weighted by atomic mass is 19.4. The third-order valence-electron chi connectivity index (χ3n) is 4.23. The Kier molecular flexibility index (Phi) is 4.25. The topological polar surface area (TPSA) is 74.2 Å². The fourth-order valence-corrected chi connectivity index (χ4v) is 2.88. The largest absolute Gasteiger partial charge is 0.480 e. The fourth-order valence-electron chi connectivity index (χ4n) is 2.88. The Morgan fingerprint density at radius 2 is 1.92 bits per heavy atom. The van der Waals surface area contributed by atoms with Crippen molar-refractivity contribution >= 4 is 0 Å². The van der Waals surface area contributed by atoms with Gasteiger partial charge < -0.3 is 15.0 Å². The summed E-state index contributed by atoms with van der Waals surface area (Å²) in [5.74, 6) is 0.217. The molecule has 2 N–H and O–H groups in total. The molecule has 1 saturated carbocycles. The van der Waals surface area contributed by atoms with E-state index < -0.39 is 23.4 Å². The van der Waals surface area contributed by atoms with Gasteiger partial charge in [0.25, 0.3) is 5.89 Å². The molecule has 0 radical (unpaired) electrons. The van der Waals surface area contributed by atoms with E-state index in [0.717, 1.165) is 31.7 Å². The lowest BCUT2D eigenvalue weighted by atomic mass is 9.99. The highest BCUT2D eigenvalue weighted by Crippen LogP contribution is 2.38. The van der Waals surface area contributed by atoms with Crippen LogP contribution in [0.2, 0.25) is 0 Å². The Morgan fingerprint density at radius 3 is 2.58 bits per heavy atom. The van der Waals surface area contributed by atoms with Crippen LogP contribution in [-0.4, -0.2) is 10.1 Å². The Bertz CT molecular complexity index is 709. The molecule has 1 aromatic heterocycles. The maximum atomic E-state index is 13.0. The summed E-state index contributed by atoms with van der Waals surface area (Å²) in [5, 5.41) is 3.89. The first-order valence-corrected chi connectivity index (χ1v) is 7.75. The van der Waals surface area contributed by atoms with Crippen molar-refractivity contribution in [3.63, 3.8) is 0 Å². The fraction of sp³-hybridized carbons (Fsp3) is 0.500. The predicted octanol–water partition coefficient (Wildman–Crippen LogP) is 3.96. The standard InChI is InChI=1S/C16H18F3N3O2/c1-10(23-12-7-3-2-6-11(12)16(17,18)19)13-21-14(22-24-13)15(20)8-4-5-9-15/h2-3,6-7,10H,4-5,8-9,20H2,1H3. The number of para-hydroxylation sites is 1. The molecule has 5 nitrogen and oxygen atoms in total. The summed E-state index contributed by atoms with van der Waals surface area (Å²) in [7, 11) is 0. The van der Waals surface area contributed by atoms with E-state index in [1.165, 1.54) is 18.2 Å². The van der Waals surface area contributed by atoms with Gasteiger partial charge in [0.15, 0.2) is 11.9 Å². The van der Waals surface area contributed by atoms with E-state index in [0.29, 0.717) is 5.82 Å². The highest BCUT2D eigenvalue weighted by molar-refractivity contribution is 5.35. The molecule has 3 rings (SSSR count). The number of halogens is 3. The van der Waals surface area contributed by atoms with Crippen molar-refractivity contribution in [1.82, 2.24) is 10.1 Å². The molecule has 1 unspecified atom stereocenters. The van der Waals surface area contributed by atoms with Crippen molar-refractivity contribution in [2.45, 2.75) is 50.4 Å². The van der Waals surface area contributed by atoms with Crippen molar-refractivity contribution in [1.29, 1.82) is 0 Å². The lowest BCUT2D eigenvalue weighted by molar-refractivity contribution is -0.139. The van der Waals surface area contributed by atoms with Crippen molar-refractivity contribution < 1.29 is 22.4 Å². The van der Waals surface area contributed by atoms with Crippen molar-refractivity contribution in [3.8, 4) is 5.75 Å².